The fourth-order valence-corrected chi connectivity index (χ4v) is 4.27. The molecule has 0 aromatic rings. The zero-order valence-electron chi connectivity index (χ0n) is 9.98. The lowest BCUT2D eigenvalue weighted by molar-refractivity contribution is 0.0231. The highest BCUT2D eigenvalue weighted by Crippen LogP contribution is 2.57. The van der Waals surface area contributed by atoms with E-state index in [0.29, 0.717) is 5.92 Å². The molecular weight excluding hydrogens is 218 g/mol. The number of aliphatic hydroxyl groups is 1. The molecule has 90 valence electrons. The maximum Gasteiger partial charge on any atom is 0.0863 e. The summed E-state index contributed by atoms with van der Waals surface area (Å²) >= 11 is 1.86. The Morgan fingerprint density at radius 3 is 2.88 bits per heavy atom. The number of hydrogen-bond donors (Lipinski definition) is 1. The van der Waals surface area contributed by atoms with Crippen LogP contribution in [0.25, 0.3) is 0 Å². The zero-order chi connectivity index (χ0) is 11.6. The number of aliphatic hydroxyl groups excluding tert-OH is 1. The molecule has 0 aromatic heterocycles. The van der Waals surface area contributed by atoms with Crippen molar-refractivity contribution in [3.8, 4) is 6.07 Å². The van der Waals surface area contributed by atoms with Crippen LogP contribution in [0.3, 0.4) is 0 Å². The summed E-state index contributed by atoms with van der Waals surface area (Å²) in [4.78, 5) is 0. The third-order valence-corrected chi connectivity index (χ3v) is 5.37. The second kappa shape index (κ2) is 4.98. The van der Waals surface area contributed by atoms with Gasteiger partial charge in [0.15, 0.2) is 0 Å². The monoisotopic (exact) mass is 239 g/mol. The van der Waals surface area contributed by atoms with E-state index in [2.05, 4.69) is 13.0 Å². The van der Waals surface area contributed by atoms with Gasteiger partial charge in [0.2, 0.25) is 0 Å². The first-order valence-electron chi connectivity index (χ1n) is 6.40. The van der Waals surface area contributed by atoms with Crippen molar-refractivity contribution in [2.24, 2.45) is 17.3 Å². The van der Waals surface area contributed by atoms with Crippen LogP contribution in [0, 0.1) is 28.6 Å². The lowest BCUT2D eigenvalue weighted by Gasteiger charge is -2.35. The van der Waals surface area contributed by atoms with Crippen molar-refractivity contribution in [2.45, 2.75) is 45.1 Å². The van der Waals surface area contributed by atoms with Crippen molar-refractivity contribution in [3.63, 3.8) is 0 Å². The normalized spacial score (nSPS) is 38.6. The molecule has 0 amide bonds. The highest BCUT2D eigenvalue weighted by Gasteiger charge is 2.54. The van der Waals surface area contributed by atoms with Crippen LogP contribution in [0.15, 0.2) is 0 Å². The molecule has 0 aliphatic heterocycles. The summed E-state index contributed by atoms with van der Waals surface area (Å²) in [5, 5.41) is 19.8. The lowest BCUT2D eigenvalue weighted by Crippen LogP contribution is -2.39. The van der Waals surface area contributed by atoms with Gasteiger partial charge in [-0.1, -0.05) is 13.3 Å². The average Bonchev–Trinajstić information content (AvgIpc) is 2.89. The van der Waals surface area contributed by atoms with Crippen molar-refractivity contribution < 1.29 is 5.11 Å². The van der Waals surface area contributed by atoms with Crippen molar-refractivity contribution in [2.75, 3.05) is 11.5 Å². The van der Waals surface area contributed by atoms with Gasteiger partial charge in [-0.05, 0) is 49.0 Å². The van der Waals surface area contributed by atoms with Gasteiger partial charge < -0.3 is 5.11 Å². The van der Waals surface area contributed by atoms with Crippen LogP contribution < -0.4 is 0 Å². The van der Waals surface area contributed by atoms with Crippen LogP contribution in [0.4, 0.5) is 0 Å². The molecule has 2 rings (SSSR count). The van der Waals surface area contributed by atoms with E-state index in [1.54, 1.807) is 0 Å². The van der Waals surface area contributed by atoms with Crippen LogP contribution in [-0.2, 0) is 0 Å². The second-order valence-electron chi connectivity index (χ2n) is 5.23. The van der Waals surface area contributed by atoms with Crippen LogP contribution >= 0.6 is 11.8 Å². The summed E-state index contributed by atoms with van der Waals surface area (Å²) in [6.45, 7) is 2.13. The minimum atomic E-state index is -0.396. The second-order valence-corrected chi connectivity index (χ2v) is 6.63. The van der Waals surface area contributed by atoms with Gasteiger partial charge >= 0.3 is 0 Å². The topological polar surface area (TPSA) is 44.0 Å². The van der Waals surface area contributed by atoms with Gasteiger partial charge in [-0.3, -0.25) is 0 Å². The molecular formula is C13H21NOS. The summed E-state index contributed by atoms with van der Waals surface area (Å²) in [6, 6.07) is 2.48. The van der Waals surface area contributed by atoms with E-state index < -0.39 is 11.5 Å². The summed E-state index contributed by atoms with van der Waals surface area (Å²) in [7, 11) is 0. The molecule has 4 atom stereocenters. The Labute approximate surface area is 102 Å². The van der Waals surface area contributed by atoms with Crippen LogP contribution in [0.1, 0.15) is 39.0 Å². The number of nitrogens with zero attached hydrogens (tertiary/aromatic N) is 1. The van der Waals surface area contributed by atoms with Crippen LogP contribution in [0.2, 0.25) is 0 Å². The largest absolute Gasteiger partial charge is 0.391 e. The lowest BCUT2D eigenvalue weighted by atomic mass is 9.69. The SMILES string of the molecule is CCSCCC(O)C1(C#N)CC2CCC1C2. The predicted molar refractivity (Wildman–Crippen MR) is 67.1 cm³/mol. The van der Waals surface area contributed by atoms with Gasteiger partial charge in [-0.15, -0.1) is 0 Å². The van der Waals surface area contributed by atoms with Crippen LogP contribution in [-0.4, -0.2) is 22.7 Å². The Bertz CT molecular complexity index is 288. The maximum atomic E-state index is 10.3. The molecule has 2 fully saturated rings. The molecule has 0 spiro atoms. The van der Waals surface area contributed by atoms with Crippen LogP contribution in [0.5, 0.6) is 0 Å². The van der Waals surface area contributed by atoms with Gasteiger partial charge in [-0.2, -0.15) is 17.0 Å². The van der Waals surface area contributed by atoms with Crippen molar-refractivity contribution in [1.82, 2.24) is 0 Å². The number of nitriles is 1. The summed E-state index contributed by atoms with van der Waals surface area (Å²) in [6.07, 6.45) is 4.97. The van der Waals surface area contributed by atoms with E-state index in [-0.39, 0.29) is 0 Å². The van der Waals surface area contributed by atoms with Gasteiger partial charge in [-0.25, -0.2) is 0 Å². The van der Waals surface area contributed by atoms with Gasteiger partial charge in [0, 0.05) is 0 Å². The molecule has 4 unspecified atom stereocenters. The Morgan fingerprint density at radius 1 is 1.56 bits per heavy atom. The van der Waals surface area contributed by atoms with E-state index in [0.717, 1.165) is 36.7 Å². The molecule has 0 aromatic carbocycles. The van der Waals surface area contributed by atoms with Crippen molar-refractivity contribution in [1.29, 1.82) is 5.26 Å². The zero-order valence-corrected chi connectivity index (χ0v) is 10.8. The average molecular weight is 239 g/mol. The molecule has 3 heteroatoms. The van der Waals surface area contributed by atoms with Gasteiger partial charge in [0.25, 0.3) is 0 Å². The summed E-state index contributed by atoms with van der Waals surface area (Å²) < 4.78 is 0. The highest BCUT2D eigenvalue weighted by molar-refractivity contribution is 7.99. The van der Waals surface area contributed by atoms with E-state index in [1.807, 2.05) is 11.8 Å². The van der Waals surface area contributed by atoms with E-state index in [9.17, 15) is 10.4 Å². The third kappa shape index (κ3) is 1.98. The van der Waals surface area contributed by atoms with Crippen molar-refractivity contribution >= 4 is 11.8 Å². The predicted octanol–water partition coefficient (Wildman–Crippen LogP) is 2.82. The van der Waals surface area contributed by atoms with Gasteiger partial charge in [0.1, 0.15) is 0 Å². The fraction of sp³-hybridized carbons (Fsp3) is 0.923. The molecule has 0 saturated heterocycles. The van der Waals surface area contributed by atoms with E-state index >= 15 is 0 Å². The molecule has 2 aliphatic carbocycles. The number of hydrogen-bond acceptors (Lipinski definition) is 3. The minimum absolute atomic E-state index is 0.392. The molecule has 1 N–H and O–H groups in total. The maximum absolute atomic E-state index is 10.3. The molecule has 0 radical (unpaired) electrons. The first-order chi connectivity index (χ1) is 7.73. The first-order valence-corrected chi connectivity index (χ1v) is 7.55. The first kappa shape index (κ1) is 12.3. The van der Waals surface area contributed by atoms with E-state index in [1.165, 1.54) is 12.8 Å². The number of fused-ring (bicyclic) bond motifs is 2. The molecule has 2 aliphatic rings. The molecule has 2 bridgehead atoms. The Balaban J connectivity index is 1.97. The number of thioether (sulfide) groups is 1. The van der Waals surface area contributed by atoms with E-state index in [4.69, 9.17) is 0 Å². The van der Waals surface area contributed by atoms with Gasteiger partial charge in [0.05, 0.1) is 17.6 Å². The molecule has 2 nitrogen and oxygen atoms in total. The molecule has 2 saturated carbocycles. The summed E-state index contributed by atoms with van der Waals surface area (Å²) in [5.41, 5.74) is -0.392. The Kier molecular flexibility index (Phi) is 3.81. The Hall–Kier alpha value is -0.200. The summed E-state index contributed by atoms with van der Waals surface area (Å²) in [5.74, 6) is 3.28. The highest BCUT2D eigenvalue weighted by atomic mass is 32.2. The number of rotatable bonds is 5. The molecule has 16 heavy (non-hydrogen) atoms. The standard InChI is InChI=1S/C13H21NOS/c1-2-16-6-5-12(15)13(9-14)8-10-3-4-11(13)7-10/h10-12,15H,2-8H2,1H3. The fourth-order valence-electron chi connectivity index (χ4n) is 3.59. The smallest absolute Gasteiger partial charge is 0.0863 e. The van der Waals surface area contributed by atoms with Crippen molar-refractivity contribution in [3.05, 3.63) is 0 Å². The minimum Gasteiger partial charge on any atom is -0.391 e. The third-order valence-electron chi connectivity index (χ3n) is 4.44. The molecule has 0 heterocycles. The quantitative estimate of drug-likeness (QED) is 0.750. The Morgan fingerprint density at radius 2 is 2.38 bits per heavy atom.